The van der Waals surface area contributed by atoms with Crippen molar-refractivity contribution in [2.45, 2.75) is 44.6 Å². The highest BCUT2D eigenvalue weighted by Crippen LogP contribution is 2.25. The second kappa shape index (κ2) is 6.51. The van der Waals surface area contributed by atoms with Gasteiger partial charge in [0.25, 0.3) is 0 Å². The van der Waals surface area contributed by atoms with Crippen LogP contribution >= 0.6 is 0 Å². The Hall–Kier alpha value is -1.63. The summed E-state index contributed by atoms with van der Waals surface area (Å²) in [5, 5.41) is 6.62. The number of nitrogens with zero attached hydrogens (tertiary/aromatic N) is 2. The van der Waals surface area contributed by atoms with Gasteiger partial charge in [-0.15, -0.1) is 0 Å². The van der Waals surface area contributed by atoms with Gasteiger partial charge in [0.15, 0.2) is 5.82 Å². The fraction of sp³-hybridized carbons (Fsp3) is 0.750. The number of nitrogens with two attached hydrogens (primary N) is 1. The van der Waals surface area contributed by atoms with E-state index in [0.29, 0.717) is 18.3 Å². The molecule has 0 aromatic carbocycles. The Morgan fingerprint density at radius 2 is 2.47 bits per heavy atom. The van der Waals surface area contributed by atoms with Crippen molar-refractivity contribution in [3.63, 3.8) is 0 Å². The lowest BCUT2D eigenvalue weighted by atomic mass is 10.1. The van der Waals surface area contributed by atoms with Crippen LogP contribution < -0.4 is 11.1 Å². The van der Waals surface area contributed by atoms with Crippen molar-refractivity contribution < 1.29 is 14.1 Å². The number of ether oxygens (including phenoxy) is 1. The summed E-state index contributed by atoms with van der Waals surface area (Å²) in [6, 6.07) is -0.883. The Labute approximate surface area is 111 Å². The van der Waals surface area contributed by atoms with Gasteiger partial charge in [0.1, 0.15) is 6.04 Å². The Morgan fingerprint density at radius 1 is 1.63 bits per heavy atom. The SMILES string of the molecule is CCCC[C@H](NC(N)=O)c1nc([C@H]2CCOC2)no1. The van der Waals surface area contributed by atoms with Gasteiger partial charge in [-0.25, -0.2) is 4.79 Å². The fourth-order valence-electron chi connectivity index (χ4n) is 2.13. The van der Waals surface area contributed by atoms with Crippen LogP contribution in [0.2, 0.25) is 0 Å². The first-order valence-corrected chi connectivity index (χ1v) is 6.68. The molecule has 2 amide bonds. The molecule has 1 fully saturated rings. The van der Waals surface area contributed by atoms with Gasteiger partial charge in [-0.05, 0) is 12.8 Å². The zero-order valence-electron chi connectivity index (χ0n) is 11.1. The molecule has 0 unspecified atom stereocenters. The van der Waals surface area contributed by atoms with Gasteiger partial charge in [-0.2, -0.15) is 4.98 Å². The highest BCUT2D eigenvalue weighted by Gasteiger charge is 2.26. The van der Waals surface area contributed by atoms with Crippen molar-refractivity contribution in [3.05, 3.63) is 11.7 Å². The monoisotopic (exact) mass is 268 g/mol. The Bertz CT molecular complexity index is 415. The van der Waals surface area contributed by atoms with Crippen LogP contribution in [0.5, 0.6) is 0 Å². The second-order valence-electron chi connectivity index (χ2n) is 4.75. The molecule has 0 bridgehead atoms. The molecule has 1 saturated heterocycles. The molecule has 7 heteroatoms. The number of aromatic nitrogens is 2. The zero-order chi connectivity index (χ0) is 13.7. The predicted octanol–water partition coefficient (Wildman–Crippen LogP) is 1.47. The summed E-state index contributed by atoms with van der Waals surface area (Å²) in [5.41, 5.74) is 5.17. The number of hydrogen-bond donors (Lipinski definition) is 2. The van der Waals surface area contributed by atoms with Crippen molar-refractivity contribution in [1.29, 1.82) is 0 Å². The average molecular weight is 268 g/mol. The minimum Gasteiger partial charge on any atom is -0.381 e. The molecule has 0 saturated carbocycles. The van der Waals surface area contributed by atoms with Crippen molar-refractivity contribution in [1.82, 2.24) is 15.5 Å². The van der Waals surface area contributed by atoms with Gasteiger partial charge >= 0.3 is 6.03 Å². The van der Waals surface area contributed by atoms with Crippen molar-refractivity contribution in [2.75, 3.05) is 13.2 Å². The number of unbranched alkanes of at least 4 members (excludes halogenated alkanes) is 1. The Kier molecular flexibility index (Phi) is 4.73. The maximum Gasteiger partial charge on any atom is 0.312 e. The molecule has 2 rings (SSSR count). The second-order valence-corrected chi connectivity index (χ2v) is 4.75. The number of rotatable bonds is 6. The summed E-state index contributed by atoms with van der Waals surface area (Å²) in [6.45, 7) is 3.44. The highest BCUT2D eigenvalue weighted by molar-refractivity contribution is 5.72. The van der Waals surface area contributed by atoms with Crippen LogP contribution in [0.3, 0.4) is 0 Å². The molecular weight excluding hydrogens is 248 g/mol. The largest absolute Gasteiger partial charge is 0.381 e. The normalized spacial score (nSPS) is 20.4. The fourth-order valence-corrected chi connectivity index (χ4v) is 2.13. The maximum atomic E-state index is 11.0. The minimum absolute atomic E-state index is 0.193. The molecule has 19 heavy (non-hydrogen) atoms. The van der Waals surface area contributed by atoms with Crippen molar-refractivity contribution in [3.8, 4) is 0 Å². The van der Waals surface area contributed by atoms with E-state index < -0.39 is 6.03 Å². The first kappa shape index (κ1) is 13.8. The van der Waals surface area contributed by atoms with Gasteiger partial charge in [0, 0.05) is 12.5 Å². The van der Waals surface area contributed by atoms with Gasteiger partial charge in [0.2, 0.25) is 5.89 Å². The van der Waals surface area contributed by atoms with E-state index in [9.17, 15) is 4.79 Å². The van der Waals surface area contributed by atoms with Crippen molar-refractivity contribution in [2.24, 2.45) is 5.73 Å². The molecule has 7 nitrogen and oxygen atoms in total. The molecule has 1 aliphatic heterocycles. The van der Waals surface area contributed by atoms with E-state index in [0.717, 1.165) is 32.3 Å². The molecular formula is C12H20N4O3. The van der Waals surface area contributed by atoms with Crippen LogP contribution in [-0.2, 0) is 4.74 Å². The molecule has 1 aliphatic rings. The quantitative estimate of drug-likeness (QED) is 0.813. The number of hydrogen-bond acceptors (Lipinski definition) is 5. The predicted molar refractivity (Wildman–Crippen MR) is 67.5 cm³/mol. The first-order chi connectivity index (χ1) is 9.20. The van der Waals surface area contributed by atoms with Crippen LogP contribution in [0, 0.1) is 0 Å². The third-order valence-electron chi connectivity index (χ3n) is 3.21. The minimum atomic E-state index is -0.579. The van der Waals surface area contributed by atoms with Crippen LogP contribution in [0.4, 0.5) is 4.79 Å². The van der Waals surface area contributed by atoms with E-state index >= 15 is 0 Å². The number of urea groups is 1. The van der Waals surface area contributed by atoms with E-state index in [2.05, 4.69) is 22.4 Å². The summed E-state index contributed by atoms with van der Waals surface area (Å²) in [7, 11) is 0. The molecule has 0 radical (unpaired) electrons. The maximum absolute atomic E-state index is 11.0. The number of carbonyl (C=O) groups is 1. The van der Waals surface area contributed by atoms with Gasteiger partial charge in [0.05, 0.1) is 6.61 Å². The summed E-state index contributed by atoms with van der Waals surface area (Å²) < 4.78 is 10.5. The number of carbonyl (C=O) groups excluding carboxylic acids is 1. The van der Waals surface area contributed by atoms with Crippen LogP contribution in [-0.4, -0.2) is 29.4 Å². The van der Waals surface area contributed by atoms with E-state index in [1.807, 2.05) is 0 Å². The number of primary amides is 1. The molecule has 0 aliphatic carbocycles. The lowest BCUT2D eigenvalue weighted by molar-refractivity contribution is 0.192. The standard InChI is InChI=1S/C12H20N4O3/c1-2-3-4-9(14-12(13)17)11-15-10(16-19-11)8-5-6-18-7-8/h8-9H,2-7H2,1H3,(H3,13,14,17)/t8-,9-/m0/s1. The smallest absolute Gasteiger partial charge is 0.312 e. The Balaban J connectivity index is 2.05. The number of nitrogens with one attached hydrogen (secondary N) is 1. The van der Waals surface area contributed by atoms with Gasteiger partial charge < -0.3 is 20.3 Å². The lowest BCUT2D eigenvalue weighted by Crippen LogP contribution is -2.33. The van der Waals surface area contributed by atoms with E-state index in [4.69, 9.17) is 15.0 Å². The molecule has 106 valence electrons. The molecule has 0 spiro atoms. The summed E-state index contributed by atoms with van der Waals surface area (Å²) in [5.74, 6) is 1.27. The third-order valence-corrected chi connectivity index (χ3v) is 3.21. The van der Waals surface area contributed by atoms with E-state index in [1.165, 1.54) is 0 Å². The molecule has 1 aromatic heterocycles. The first-order valence-electron chi connectivity index (χ1n) is 6.68. The third kappa shape index (κ3) is 3.66. The van der Waals surface area contributed by atoms with Crippen molar-refractivity contribution >= 4 is 6.03 Å². The highest BCUT2D eigenvalue weighted by atomic mass is 16.5. The lowest BCUT2D eigenvalue weighted by Gasteiger charge is -2.12. The molecule has 1 aromatic rings. The zero-order valence-corrected chi connectivity index (χ0v) is 11.1. The topological polar surface area (TPSA) is 103 Å². The van der Waals surface area contributed by atoms with Gasteiger partial charge in [-0.3, -0.25) is 0 Å². The van der Waals surface area contributed by atoms with E-state index in [1.54, 1.807) is 0 Å². The summed E-state index contributed by atoms with van der Waals surface area (Å²) in [4.78, 5) is 15.4. The van der Waals surface area contributed by atoms with E-state index in [-0.39, 0.29) is 12.0 Å². The summed E-state index contributed by atoms with van der Waals surface area (Å²) in [6.07, 6.45) is 3.62. The molecule has 3 N–H and O–H groups in total. The van der Waals surface area contributed by atoms with Crippen LogP contribution in [0.15, 0.2) is 4.52 Å². The van der Waals surface area contributed by atoms with Crippen LogP contribution in [0.1, 0.15) is 56.3 Å². The molecule has 2 atom stereocenters. The summed E-state index contributed by atoms with van der Waals surface area (Å²) >= 11 is 0. The molecule has 2 heterocycles. The van der Waals surface area contributed by atoms with Crippen LogP contribution in [0.25, 0.3) is 0 Å². The van der Waals surface area contributed by atoms with Gasteiger partial charge in [-0.1, -0.05) is 24.9 Å². The Morgan fingerprint density at radius 3 is 3.11 bits per heavy atom. The average Bonchev–Trinajstić information content (AvgIpc) is 3.03. The number of amides is 2.